The lowest BCUT2D eigenvalue weighted by atomic mass is 9.97. The van der Waals surface area contributed by atoms with E-state index in [1.807, 2.05) is 12.3 Å². The molecule has 0 unspecified atom stereocenters. The van der Waals surface area contributed by atoms with Crippen LogP contribution in [0.5, 0.6) is 0 Å². The zero-order chi connectivity index (χ0) is 9.10. The molecule has 0 N–H and O–H groups in total. The lowest BCUT2D eigenvalue weighted by Gasteiger charge is -2.13. The van der Waals surface area contributed by atoms with Crippen LogP contribution in [0.15, 0.2) is 12.3 Å². The van der Waals surface area contributed by atoms with Crippen LogP contribution in [0.1, 0.15) is 36.9 Å². The molecule has 0 amide bonds. The first-order chi connectivity index (χ1) is 6.38. The van der Waals surface area contributed by atoms with Gasteiger partial charge in [-0.1, -0.05) is 24.4 Å². The van der Waals surface area contributed by atoms with E-state index in [0.717, 1.165) is 17.9 Å². The Morgan fingerprint density at radius 3 is 2.69 bits per heavy atom. The maximum atomic E-state index is 6.13. The largest absolute Gasteiger partial charge is 0.261 e. The van der Waals surface area contributed by atoms with Gasteiger partial charge in [-0.15, -0.1) is 0 Å². The van der Waals surface area contributed by atoms with Crippen molar-refractivity contribution in [2.24, 2.45) is 0 Å². The second-order valence-electron chi connectivity index (χ2n) is 3.63. The summed E-state index contributed by atoms with van der Waals surface area (Å²) in [6.45, 7) is 0. The topological polar surface area (TPSA) is 12.9 Å². The Labute approximate surface area is 84.1 Å². The summed E-state index contributed by atoms with van der Waals surface area (Å²) < 4.78 is 0. The Morgan fingerprint density at radius 1 is 1.08 bits per heavy atom. The molecule has 1 aromatic rings. The predicted molar refractivity (Wildman–Crippen MR) is 55.1 cm³/mol. The molecule has 1 aliphatic rings. The minimum atomic E-state index is 0.909. The summed E-state index contributed by atoms with van der Waals surface area (Å²) in [5.41, 5.74) is 2.52. The van der Waals surface area contributed by atoms with Crippen molar-refractivity contribution in [2.75, 3.05) is 0 Å². The molecule has 2 heteroatoms. The van der Waals surface area contributed by atoms with Crippen molar-refractivity contribution >= 4 is 11.6 Å². The van der Waals surface area contributed by atoms with Crippen LogP contribution in [0.25, 0.3) is 0 Å². The Kier molecular flexibility index (Phi) is 2.84. The fraction of sp³-hybridized carbons (Fsp3) is 0.545. The van der Waals surface area contributed by atoms with Crippen molar-refractivity contribution in [3.05, 3.63) is 28.5 Å². The number of nitrogens with zero attached hydrogens (tertiary/aromatic N) is 1. The van der Waals surface area contributed by atoms with Crippen molar-refractivity contribution < 1.29 is 0 Å². The smallest absolute Gasteiger partial charge is 0.0471 e. The minimum Gasteiger partial charge on any atom is -0.261 e. The van der Waals surface area contributed by atoms with Crippen LogP contribution in [0.3, 0.4) is 0 Å². The molecule has 1 heterocycles. The van der Waals surface area contributed by atoms with E-state index < -0.39 is 0 Å². The van der Waals surface area contributed by atoms with Gasteiger partial charge in [0.05, 0.1) is 0 Å². The van der Waals surface area contributed by atoms with E-state index in [0.29, 0.717) is 0 Å². The maximum Gasteiger partial charge on any atom is 0.0471 e. The third-order valence-corrected chi connectivity index (χ3v) is 3.03. The normalized spacial score (nSPS) is 17.3. The average Bonchev–Trinajstić information content (AvgIpc) is 2.07. The highest BCUT2D eigenvalue weighted by Crippen LogP contribution is 2.24. The molecule has 0 aromatic carbocycles. The molecular formula is C11H14ClN. The van der Waals surface area contributed by atoms with Crippen LogP contribution < -0.4 is 0 Å². The van der Waals surface area contributed by atoms with Gasteiger partial charge < -0.3 is 0 Å². The summed E-state index contributed by atoms with van der Waals surface area (Å²) in [6.07, 6.45) is 9.25. The molecule has 2 rings (SSSR count). The number of hydrogen-bond donors (Lipinski definition) is 0. The molecule has 0 fully saturated rings. The first kappa shape index (κ1) is 9.01. The summed E-state index contributed by atoms with van der Waals surface area (Å²) >= 11 is 6.13. The third kappa shape index (κ3) is 2.02. The number of rotatable bonds is 0. The van der Waals surface area contributed by atoms with Crippen molar-refractivity contribution in [1.82, 2.24) is 4.98 Å². The Bertz CT molecular complexity index is 296. The summed E-state index contributed by atoms with van der Waals surface area (Å²) in [7, 11) is 0. The molecule has 1 aliphatic carbocycles. The number of fused-ring (bicyclic) bond motifs is 1. The summed E-state index contributed by atoms with van der Waals surface area (Å²) in [4.78, 5) is 4.40. The van der Waals surface area contributed by atoms with Crippen LogP contribution in [-0.4, -0.2) is 4.98 Å². The van der Waals surface area contributed by atoms with Gasteiger partial charge >= 0.3 is 0 Å². The van der Waals surface area contributed by atoms with Crippen molar-refractivity contribution in [3.8, 4) is 0 Å². The number of hydrogen-bond acceptors (Lipinski definition) is 1. The summed E-state index contributed by atoms with van der Waals surface area (Å²) in [5.74, 6) is 0. The van der Waals surface area contributed by atoms with Crippen molar-refractivity contribution in [3.63, 3.8) is 0 Å². The fourth-order valence-electron chi connectivity index (χ4n) is 1.94. The van der Waals surface area contributed by atoms with E-state index in [-0.39, 0.29) is 0 Å². The molecule has 0 aliphatic heterocycles. The standard InChI is InChI=1S/C11H14ClN/c12-10-7-8-13-11-6-4-2-1-3-5-9(10)11/h7-8H,1-6H2. The van der Waals surface area contributed by atoms with Gasteiger partial charge in [0.25, 0.3) is 0 Å². The molecule has 0 saturated carbocycles. The Hall–Kier alpha value is -0.560. The van der Waals surface area contributed by atoms with Gasteiger partial charge in [0, 0.05) is 16.9 Å². The molecule has 0 spiro atoms. The van der Waals surface area contributed by atoms with Gasteiger partial charge in [-0.25, -0.2) is 0 Å². The second kappa shape index (κ2) is 4.10. The number of aryl methyl sites for hydroxylation is 1. The molecule has 1 nitrogen and oxygen atoms in total. The lowest BCUT2D eigenvalue weighted by molar-refractivity contribution is 0.609. The molecule has 0 atom stereocenters. The summed E-state index contributed by atoms with van der Waals surface area (Å²) in [5, 5.41) is 0.909. The zero-order valence-electron chi connectivity index (χ0n) is 7.72. The average molecular weight is 196 g/mol. The lowest BCUT2D eigenvalue weighted by Crippen LogP contribution is -2.02. The molecule has 13 heavy (non-hydrogen) atoms. The van der Waals surface area contributed by atoms with E-state index in [1.165, 1.54) is 36.9 Å². The molecular weight excluding hydrogens is 182 g/mol. The van der Waals surface area contributed by atoms with Crippen LogP contribution in [0.4, 0.5) is 0 Å². The van der Waals surface area contributed by atoms with Crippen molar-refractivity contribution in [1.29, 1.82) is 0 Å². The first-order valence-electron chi connectivity index (χ1n) is 5.00. The van der Waals surface area contributed by atoms with Gasteiger partial charge in [0.1, 0.15) is 0 Å². The third-order valence-electron chi connectivity index (χ3n) is 2.68. The van der Waals surface area contributed by atoms with Gasteiger partial charge in [0.15, 0.2) is 0 Å². The van der Waals surface area contributed by atoms with E-state index in [2.05, 4.69) is 4.98 Å². The van der Waals surface area contributed by atoms with Gasteiger partial charge in [-0.05, 0) is 37.3 Å². The molecule has 0 saturated heterocycles. The Morgan fingerprint density at radius 2 is 1.85 bits per heavy atom. The SMILES string of the molecule is Clc1ccnc2c1CCCCCC2. The number of halogens is 1. The van der Waals surface area contributed by atoms with E-state index >= 15 is 0 Å². The highest BCUT2D eigenvalue weighted by Gasteiger charge is 2.10. The summed E-state index contributed by atoms with van der Waals surface area (Å²) in [6, 6.07) is 1.90. The van der Waals surface area contributed by atoms with Crippen LogP contribution in [0, 0.1) is 0 Å². The molecule has 1 aromatic heterocycles. The number of pyridine rings is 1. The molecule has 0 bridgehead atoms. The van der Waals surface area contributed by atoms with E-state index in [9.17, 15) is 0 Å². The Balaban J connectivity index is 2.33. The van der Waals surface area contributed by atoms with Crippen LogP contribution >= 0.6 is 11.6 Å². The van der Waals surface area contributed by atoms with Gasteiger partial charge in [-0.2, -0.15) is 0 Å². The predicted octanol–water partition coefficient (Wildman–Crippen LogP) is 3.39. The highest BCUT2D eigenvalue weighted by molar-refractivity contribution is 6.31. The zero-order valence-corrected chi connectivity index (χ0v) is 8.48. The quantitative estimate of drug-likeness (QED) is 0.619. The number of aromatic nitrogens is 1. The molecule has 70 valence electrons. The van der Waals surface area contributed by atoms with Gasteiger partial charge in [-0.3, -0.25) is 4.98 Å². The van der Waals surface area contributed by atoms with Crippen LogP contribution in [0.2, 0.25) is 5.02 Å². The first-order valence-corrected chi connectivity index (χ1v) is 5.38. The maximum absolute atomic E-state index is 6.13. The minimum absolute atomic E-state index is 0.909. The molecule has 0 radical (unpaired) electrons. The monoisotopic (exact) mass is 195 g/mol. The fourth-order valence-corrected chi connectivity index (χ4v) is 2.20. The van der Waals surface area contributed by atoms with E-state index in [1.54, 1.807) is 0 Å². The second-order valence-corrected chi connectivity index (χ2v) is 4.04. The van der Waals surface area contributed by atoms with E-state index in [4.69, 9.17) is 11.6 Å². The van der Waals surface area contributed by atoms with Crippen molar-refractivity contribution in [2.45, 2.75) is 38.5 Å². The van der Waals surface area contributed by atoms with Gasteiger partial charge in [0.2, 0.25) is 0 Å². The highest BCUT2D eigenvalue weighted by atomic mass is 35.5. The van der Waals surface area contributed by atoms with Crippen LogP contribution in [-0.2, 0) is 12.8 Å².